The maximum atomic E-state index is 12.4. The first-order valence-electron chi connectivity index (χ1n) is 8.34. The van der Waals surface area contributed by atoms with Gasteiger partial charge in [-0.3, -0.25) is 10.1 Å². The first-order valence-corrected chi connectivity index (χ1v) is 9.16. The van der Waals surface area contributed by atoms with Gasteiger partial charge in [0, 0.05) is 17.7 Å². The Bertz CT molecular complexity index is 866. The molecule has 2 heterocycles. The zero-order chi connectivity index (χ0) is 17.8. The Morgan fingerprint density at radius 3 is 2.60 bits per heavy atom. The van der Waals surface area contributed by atoms with Crippen LogP contribution in [-0.2, 0) is 6.42 Å². The topological polar surface area (TPSA) is 72.7 Å². The Labute approximate surface area is 150 Å². The predicted octanol–water partition coefficient (Wildman–Crippen LogP) is 3.94. The molecule has 130 valence electrons. The van der Waals surface area contributed by atoms with Crippen LogP contribution in [0.4, 0.5) is 5.13 Å². The lowest BCUT2D eigenvalue weighted by Gasteiger charge is -2.06. The summed E-state index contributed by atoms with van der Waals surface area (Å²) in [7, 11) is 0. The second-order valence-corrected chi connectivity index (χ2v) is 7.01. The third-order valence-corrected chi connectivity index (χ3v) is 4.71. The molecule has 7 heteroatoms. The number of unbranched alkanes of at least 4 members (excludes halogenated alkanes) is 1. The van der Waals surface area contributed by atoms with Crippen LogP contribution in [0.1, 0.15) is 46.5 Å². The number of nitrogens with zero attached hydrogens (tertiary/aromatic N) is 4. The molecule has 3 aromatic rings. The van der Waals surface area contributed by atoms with E-state index in [1.54, 1.807) is 12.1 Å². The van der Waals surface area contributed by atoms with Gasteiger partial charge >= 0.3 is 0 Å². The molecule has 0 saturated carbocycles. The van der Waals surface area contributed by atoms with Crippen LogP contribution in [0, 0.1) is 13.8 Å². The fraction of sp³-hybridized carbons (Fsp3) is 0.333. The highest BCUT2D eigenvalue weighted by atomic mass is 32.1. The summed E-state index contributed by atoms with van der Waals surface area (Å²) in [6.07, 6.45) is 3.10. The second kappa shape index (κ2) is 7.57. The van der Waals surface area contributed by atoms with Crippen molar-refractivity contribution in [2.24, 2.45) is 0 Å². The van der Waals surface area contributed by atoms with Crippen molar-refractivity contribution in [3.05, 3.63) is 52.3 Å². The molecule has 25 heavy (non-hydrogen) atoms. The number of amides is 1. The van der Waals surface area contributed by atoms with Gasteiger partial charge in [-0.2, -0.15) is 5.10 Å². The number of anilines is 1. The fourth-order valence-electron chi connectivity index (χ4n) is 2.55. The van der Waals surface area contributed by atoms with Gasteiger partial charge in [0.1, 0.15) is 5.01 Å². The van der Waals surface area contributed by atoms with E-state index in [-0.39, 0.29) is 5.91 Å². The van der Waals surface area contributed by atoms with Crippen LogP contribution in [0.25, 0.3) is 5.69 Å². The third-order valence-electron chi connectivity index (χ3n) is 3.82. The summed E-state index contributed by atoms with van der Waals surface area (Å²) in [5.74, 6) is -0.182. The molecule has 3 rings (SSSR count). The SMILES string of the molecule is CCCCc1nnc(NC(=O)c2ccc(-n3nc(C)cc3C)cc2)s1. The van der Waals surface area contributed by atoms with Gasteiger partial charge in [-0.1, -0.05) is 24.7 Å². The number of carbonyl (C=O) groups is 1. The number of benzene rings is 1. The van der Waals surface area contributed by atoms with Gasteiger partial charge in [0.25, 0.3) is 5.91 Å². The quantitative estimate of drug-likeness (QED) is 0.727. The van der Waals surface area contributed by atoms with E-state index in [2.05, 4.69) is 27.5 Å². The molecule has 1 N–H and O–H groups in total. The molecule has 0 aliphatic rings. The van der Waals surface area contributed by atoms with Crippen LogP contribution in [0.3, 0.4) is 0 Å². The van der Waals surface area contributed by atoms with Gasteiger partial charge < -0.3 is 0 Å². The second-order valence-electron chi connectivity index (χ2n) is 5.94. The number of hydrogen-bond donors (Lipinski definition) is 1. The van der Waals surface area contributed by atoms with Gasteiger partial charge in [-0.25, -0.2) is 4.68 Å². The predicted molar refractivity (Wildman–Crippen MR) is 99.5 cm³/mol. The highest BCUT2D eigenvalue weighted by molar-refractivity contribution is 7.15. The summed E-state index contributed by atoms with van der Waals surface area (Å²) in [6, 6.07) is 9.38. The summed E-state index contributed by atoms with van der Waals surface area (Å²) in [6.45, 7) is 6.10. The Kier molecular flexibility index (Phi) is 5.23. The minimum absolute atomic E-state index is 0.182. The van der Waals surface area contributed by atoms with E-state index in [9.17, 15) is 4.79 Å². The highest BCUT2D eigenvalue weighted by Crippen LogP contribution is 2.19. The molecule has 1 aromatic carbocycles. The Morgan fingerprint density at radius 1 is 1.20 bits per heavy atom. The number of aromatic nitrogens is 4. The Balaban J connectivity index is 1.68. The van der Waals surface area contributed by atoms with Crippen LogP contribution in [0.2, 0.25) is 0 Å². The first kappa shape index (κ1) is 17.3. The average molecular weight is 355 g/mol. The van der Waals surface area contributed by atoms with E-state index in [0.717, 1.165) is 41.3 Å². The standard InChI is InChI=1S/C18H21N5OS/c1-4-5-6-16-20-21-18(25-16)19-17(24)14-7-9-15(10-8-14)23-13(3)11-12(2)22-23/h7-11H,4-6H2,1-3H3,(H,19,21,24). The zero-order valence-corrected chi connectivity index (χ0v) is 15.4. The van der Waals surface area contributed by atoms with Crippen molar-refractivity contribution < 1.29 is 4.79 Å². The van der Waals surface area contributed by atoms with E-state index in [1.165, 1.54) is 11.3 Å². The van der Waals surface area contributed by atoms with Crippen molar-refractivity contribution in [1.29, 1.82) is 0 Å². The smallest absolute Gasteiger partial charge is 0.257 e. The monoisotopic (exact) mass is 355 g/mol. The van der Waals surface area contributed by atoms with Crippen LogP contribution in [0.15, 0.2) is 30.3 Å². The molecule has 0 atom stereocenters. The van der Waals surface area contributed by atoms with E-state index < -0.39 is 0 Å². The fourth-order valence-corrected chi connectivity index (χ4v) is 3.32. The summed E-state index contributed by atoms with van der Waals surface area (Å²) >= 11 is 1.43. The lowest BCUT2D eigenvalue weighted by atomic mass is 10.2. The van der Waals surface area contributed by atoms with Gasteiger partial charge in [-0.15, -0.1) is 10.2 Å². The van der Waals surface area contributed by atoms with Gasteiger partial charge in [0.15, 0.2) is 0 Å². The molecule has 6 nitrogen and oxygen atoms in total. The molecular formula is C18H21N5OS. The number of nitrogens with one attached hydrogen (secondary N) is 1. The molecule has 0 unspecified atom stereocenters. The number of rotatable bonds is 6. The van der Waals surface area contributed by atoms with E-state index >= 15 is 0 Å². The normalized spacial score (nSPS) is 10.8. The minimum atomic E-state index is -0.182. The average Bonchev–Trinajstić information content (AvgIpc) is 3.18. The van der Waals surface area contributed by atoms with Crippen molar-refractivity contribution in [3.8, 4) is 5.69 Å². The van der Waals surface area contributed by atoms with E-state index in [1.807, 2.05) is 36.7 Å². The summed E-state index contributed by atoms with van der Waals surface area (Å²) < 4.78 is 1.86. The van der Waals surface area contributed by atoms with Gasteiger partial charge in [0.2, 0.25) is 5.13 Å². The first-order chi connectivity index (χ1) is 12.1. The third kappa shape index (κ3) is 4.11. The van der Waals surface area contributed by atoms with Crippen LogP contribution in [0.5, 0.6) is 0 Å². The van der Waals surface area contributed by atoms with Crippen molar-refractivity contribution in [2.45, 2.75) is 40.0 Å². The maximum Gasteiger partial charge on any atom is 0.257 e. The number of aryl methyl sites for hydroxylation is 3. The summed E-state index contributed by atoms with van der Waals surface area (Å²) in [5.41, 5.74) is 3.54. The number of hydrogen-bond acceptors (Lipinski definition) is 5. The van der Waals surface area contributed by atoms with Crippen molar-refractivity contribution >= 4 is 22.4 Å². The van der Waals surface area contributed by atoms with Gasteiger partial charge in [-0.05, 0) is 50.6 Å². The lowest BCUT2D eigenvalue weighted by molar-refractivity contribution is 0.102. The Morgan fingerprint density at radius 2 is 1.96 bits per heavy atom. The highest BCUT2D eigenvalue weighted by Gasteiger charge is 2.11. The van der Waals surface area contributed by atoms with Crippen molar-refractivity contribution in [2.75, 3.05) is 5.32 Å². The van der Waals surface area contributed by atoms with E-state index in [0.29, 0.717) is 10.7 Å². The summed E-state index contributed by atoms with van der Waals surface area (Å²) in [5, 5.41) is 16.9. The molecule has 0 aliphatic heterocycles. The molecular weight excluding hydrogens is 334 g/mol. The van der Waals surface area contributed by atoms with Gasteiger partial charge in [0.05, 0.1) is 11.4 Å². The van der Waals surface area contributed by atoms with Crippen LogP contribution >= 0.6 is 11.3 Å². The lowest BCUT2D eigenvalue weighted by Crippen LogP contribution is -2.12. The molecule has 0 radical (unpaired) electrons. The van der Waals surface area contributed by atoms with Crippen LogP contribution in [-0.4, -0.2) is 25.9 Å². The Hall–Kier alpha value is -2.54. The number of carbonyl (C=O) groups excluding carboxylic acids is 1. The largest absolute Gasteiger partial charge is 0.296 e. The van der Waals surface area contributed by atoms with Crippen LogP contribution < -0.4 is 5.32 Å². The molecule has 0 fully saturated rings. The summed E-state index contributed by atoms with van der Waals surface area (Å²) in [4.78, 5) is 12.4. The minimum Gasteiger partial charge on any atom is -0.296 e. The van der Waals surface area contributed by atoms with Crippen molar-refractivity contribution in [1.82, 2.24) is 20.0 Å². The molecule has 2 aromatic heterocycles. The molecule has 0 aliphatic carbocycles. The van der Waals surface area contributed by atoms with Crippen molar-refractivity contribution in [3.63, 3.8) is 0 Å². The molecule has 0 bridgehead atoms. The van der Waals surface area contributed by atoms with E-state index in [4.69, 9.17) is 0 Å². The molecule has 1 amide bonds. The maximum absolute atomic E-state index is 12.4. The molecule has 0 saturated heterocycles. The zero-order valence-electron chi connectivity index (χ0n) is 14.6. The molecule has 0 spiro atoms.